The molecule has 0 N–H and O–H groups in total. The van der Waals surface area contributed by atoms with Crippen LogP contribution in [-0.4, -0.2) is 53.4 Å². The van der Waals surface area contributed by atoms with Crippen molar-refractivity contribution in [3.63, 3.8) is 0 Å². The van der Waals surface area contributed by atoms with Crippen molar-refractivity contribution in [2.45, 2.75) is 6.54 Å². The van der Waals surface area contributed by atoms with E-state index in [9.17, 15) is 14.4 Å². The number of pyridine rings is 1. The molecule has 4 aromatic rings. The zero-order valence-electron chi connectivity index (χ0n) is 18.9. The second-order valence-corrected chi connectivity index (χ2v) is 8.66. The number of ether oxygens (including phenoxy) is 2. The Morgan fingerprint density at radius 2 is 1.60 bits per heavy atom. The number of fused-ring (bicyclic) bond motifs is 2. The zero-order chi connectivity index (χ0) is 24.5. The largest absolute Gasteiger partial charge is 0.495 e. The topological polar surface area (TPSA) is 102 Å². The third-order valence-electron chi connectivity index (χ3n) is 5.65. The summed E-state index contributed by atoms with van der Waals surface area (Å²) in [6, 6.07) is 15.4. The van der Waals surface area contributed by atoms with Gasteiger partial charge in [0.25, 0.3) is 11.8 Å². The number of aromatic nitrogens is 2. The molecule has 1 aliphatic heterocycles. The molecular formula is C25H20N4O5S. The molecule has 9 nitrogen and oxygen atoms in total. The first-order valence-electron chi connectivity index (χ1n) is 10.7. The molecule has 2 aromatic carbocycles. The summed E-state index contributed by atoms with van der Waals surface area (Å²) in [6.45, 7) is -0.323. The third-order valence-corrected chi connectivity index (χ3v) is 6.74. The average Bonchev–Trinajstić information content (AvgIpc) is 3.43. The number of carbonyl (C=O) groups excluding carboxylic acids is 3. The fourth-order valence-corrected chi connectivity index (χ4v) is 5.00. The van der Waals surface area contributed by atoms with E-state index in [1.807, 2.05) is 6.07 Å². The van der Waals surface area contributed by atoms with Gasteiger partial charge in [-0.25, -0.2) is 4.98 Å². The molecule has 176 valence electrons. The molecule has 0 aliphatic carbocycles. The molecule has 1 aliphatic rings. The van der Waals surface area contributed by atoms with Gasteiger partial charge in [-0.3, -0.25) is 29.2 Å². The van der Waals surface area contributed by atoms with Crippen molar-refractivity contribution in [2.24, 2.45) is 0 Å². The summed E-state index contributed by atoms with van der Waals surface area (Å²) in [7, 11) is 3.10. The summed E-state index contributed by atoms with van der Waals surface area (Å²) in [5.41, 5.74) is 1.75. The number of imide groups is 1. The lowest BCUT2D eigenvalue weighted by Crippen LogP contribution is -2.42. The molecule has 0 atom stereocenters. The maximum atomic E-state index is 13.6. The monoisotopic (exact) mass is 488 g/mol. The standard InChI is InChI=1S/C25H20N4O5S/c1-33-18-10-11-19(34-2)22-21(18)27-25(35-22)28(13-15-7-5-6-12-26-15)20(30)14-29-23(31)16-8-3-4-9-17(16)24(29)32/h3-12H,13-14H2,1-2H3. The van der Waals surface area contributed by atoms with Crippen molar-refractivity contribution in [1.29, 1.82) is 0 Å². The zero-order valence-corrected chi connectivity index (χ0v) is 19.7. The van der Waals surface area contributed by atoms with Gasteiger partial charge in [-0.2, -0.15) is 0 Å². The highest BCUT2D eigenvalue weighted by atomic mass is 32.1. The van der Waals surface area contributed by atoms with E-state index in [2.05, 4.69) is 9.97 Å². The van der Waals surface area contributed by atoms with Crippen molar-refractivity contribution in [3.05, 3.63) is 77.6 Å². The first-order chi connectivity index (χ1) is 17.0. The highest BCUT2D eigenvalue weighted by Gasteiger charge is 2.37. The summed E-state index contributed by atoms with van der Waals surface area (Å²) >= 11 is 1.25. The quantitative estimate of drug-likeness (QED) is 0.367. The number of benzene rings is 2. The van der Waals surface area contributed by atoms with E-state index < -0.39 is 24.3 Å². The second-order valence-electron chi connectivity index (χ2n) is 7.69. The Labute approximate surface area is 204 Å². The molecule has 0 spiro atoms. The predicted molar refractivity (Wildman–Crippen MR) is 130 cm³/mol. The van der Waals surface area contributed by atoms with Crippen LogP contribution in [0, 0.1) is 0 Å². The summed E-state index contributed by atoms with van der Waals surface area (Å²) < 4.78 is 11.6. The molecule has 5 rings (SSSR count). The van der Waals surface area contributed by atoms with Crippen molar-refractivity contribution < 1.29 is 23.9 Å². The summed E-state index contributed by atoms with van der Waals surface area (Å²) in [5.74, 6) is -0.333. The molecule has 0 unspecified atom stereocenters. The molecule has 3 heterocycles. The van der Waals surface area contributed by atoms with Crippen LogP contribution in [0.2, 0.25) is 0 Å². The number of hydrogen-bond donors (Lipinski definition) is 0. The Balaban J connectivity index is 1.53. The van der Waals surface area contributed by atoms with Gasteiger partial charge in [0, 0.05) is 6.20 Å². The Bertz CT molecular complexity index is 1380. The molecule has 0 saturated carbocycles. The number of hydrogen-bond acceptors (Lipinski definition) is 8. The van der Waals surface area contributed by atoms with Gasteiger partial charge in [0.15, 0.2) is 5.13 Å². The maximum Gasteiger partial charge on any atom is 0.262 e. The number of anilines is 1. The van der Waals surface area contributed by atoms with Crippen LogP contribution in [0.5, 0.6) is 11.5 Å². The van der Waals surface area contributed by atoms with Crippen molar-refractivity contribution in [2.75, 3.05) is 25.7 Å². The SMILES string of the molecule is COc1ccc(OC)c2sc(N(Cc3ccccn3)C(=O)CN3C(=O)c4ccccc4C3=O)nc12. The maximum absolute atomic E-state index is 13.6. The minimum atomic E-state index is -0.496. The minimum absolute atomic E-state index is 0.104. The number of methoxy groups -OCH3 is 2. The number of amides is 3. The van der Waals surface area contributed by atoms with Gasteiger partial charge in [0.1, 0.15) is 28.3 Å². The van der Waals surface area contributed by atoms with Crippen molar-refractivity contribution >= 4 is 44.4 Å². The van der Waals surface area contributed by atoms with Crippen LogP contribution in [-0.2, 0) is 11.3 Å². The van der Waals surface area contributed by atoms with Gasteiger partial charge in [-0.1, -0.05) is 29.5 Å². The molecule has 0 saturated heterocycles. The third kappa shape index (κ3) is 3.97. The summed E-state index contributed by atoms with van der Waals surface area (Å²) in [5, 5.41) is 0.370. The first-order valence-corrected chi connectivity index (χ1v) is 11.5. The molecule has 35 heavy (non-hydrogen) atoms. The van der Waals surface area contributed by atoms with Crippen LogP contribution in [0.1, 0.15) is 26.4 Å². The highest BCUT2D eigenvalue weighted by Crippen LogP contribution is 2.40. The molecule has 0 bridgehead atoms. The molecule has 0 fully saturated rings. The summed E-state index contributed by atoms with van der Waals surface area (Å²) in [6.07, 6.45) is 1.63. The van der Waals surface area contributed by atoms with Crippen LogP contribution in [0.25, 0.3) is 10.2 Å². The first kappa shape index (κ1) is 22.5. The number of carbonyl (C=O) groups is 3. The summed E-state index contributed by atoms with van der Waals surface area (Å²) in [4.78, 5) is 50.7. The number of thiazole rings is 1. The van der Waals surface area contributed by atoms with E-state index in [1.165, 1.54) is 16.2 Å². The Kier molecular flexibility index (Phi) is 5.87. The Morgan fingerprint density at radius 1 is 0.943 bits per heavy atom. The fraction of sp³-hybridized carbons (Fsp3) is 0.160. The van der Waals surface area contributed by atoms with E-state index in [-0.39, 0.29) is 17.7 Å². The highest BCUT2D eigenvalue weighted by molar-refractivity contribution is 7.22. The Hall–Kier alpha value is -4.31. The molecule has 10 heteroatoms. The van der Waals surface area contributed by atoms with Crippen molar-refractivity contribution in [3.8, 4) is 11.5 Å². The average molecular weight is 489 g/mol. The van der Waals surface area contributed by atoms with Gasteiger partial charge in [-0.05, 0) is 36.4 Å². The van der Waals surface area contributed by atoms with Crippen LogP contribution >= 0.6 is 11.3 Å². The van der Waals surface area contributed by atoms with Crippen LogP contribution in [0.4, 0.5) is 5.13 Å². The van der Waals surface area contributed by atoms with Gasteiger partial charge >= 0.3 is 0 Å². The smallest absolute Gasteiger partial charge is 0.262 e. The van der Waals surface area contributed by atoms with E-state index in [1.54, 1.807) is 68.9 Å². The minimum Gasteiger partial charge on any atom is -0.495 e. The van der Waals surface area contributed by atoms with E-state index in [0.717, 1.165) is 4.90 Å². The predicted octanol–water partition coefficient (Wildman–Crippen LogP) is 3.54. The Morgan fingerprint density at radius 3 is 2.23 bits per heavy atom. The van der Waals surface area contributed by atoms with E-state index >= 15 is 0 Å². The van der Waals surface area contributed by atoms with Gasteiger partial charge in [-0.15, -0.1) is 0 Å². The van der Waals surface area contributed by atoms with Crippen LogP contribution in [0.3, 0.4) is 0 Å². The normalized spacial score (nSPS) is 12.7. The number of rotatable bonds is 7. The van der Waals surface area contributed by atoms with Crippen LogP contribution in [0.15, 0.2) is 60.8 Å². The molecule has 2 aromatic heterocycles. The lowest BCUT2D eigenvalue weighted by molar-refractivity contribution is -0.119. The van der Waals surface area contributed by atoms with Gasteiger partial charge in [0.2, 0.25) is 5.91 Å². The van der Waals surface area contributed by atoms with Crippen LogP contribution < -0.4 is 14.4 Å². The molecule has 0 radical (unpaired) electrons. The molecular weight excluding hydrogens is 468 g/mol. The lowest BCUT2D eigenvalue weighted by atomic mass is 10.1. The van der Waals surface area contributed by atoms with Gasteiger partial charge < -0.3 is 9.47 Å². The van der Waals surface area contributed by atoms with Gasteiger partial charge in [0.05, 0.1) is 37.6 Å². The second kappa shape index (κ2) is 9.15. The lowest BCUT2D eigenvalue weighted by Gasteiger charge is -2.22. The molecule has 3 amide bonds. The number of nitrogens with zero attached hydrogens (tertiary/aromatic N) is 4. The van der Waals surface area contributed by atoms with E-state index in [4.69, 9.17) is 9.47 Å². The van der Waals surface area contributed by atoms with Crippen molar-refractivity contribution in [1.82, 2.24) is 14.9 Å². The van der Waals surface area contributed by atoms with E-state index in [0.29, 0.717) is 32.5 Å². The fourth-order valence-electron chi connectivity index (χ4n) is 3.91.